The van der Waals surface area contributed by atoms with E-state index in [2.05, 4.69) is 10.3 Å². The predicted octanol–water partition coefficient (Wildman–Crippen LogP) is 3.41. The molecule has 128 valence electrons. The minimum Gasteiger partial charge on any atom is -0.381 e. The maximum absolute atomic E-state index is 13.3. The number of para-hydroxylation sites is 1. The first-order valence-corrected chi connectivity index (χ1v) is 7.78. The van der Waals surface area contributed by atoms with Gasteiger partial charge in [-0.25, -0.2) is 4.98 Å². The highest BCUT2D eigenvalue weighted by molar-refractivity contribution is 5.98. The van der Waals surface area contributed by atoms with Crippen molar-refractivity contribution >= 4 is 16.8 Å². The third-order valence-electron chi connectivity index (χ3n) is 4.13. The molecule has 1 fully saturated rings. The fraction of sp³-hybridized carbons (Fsp3) is 0.412. The van der Waals surface area contributed by atoms with Crippen LogP contribution in [0.3, 0.4) is 0 Å². The van der Waals surface area contributed by atoms with Crippen molar-refractivity contribution in [1.82, 2.24) is 10.3 Å². The van der Waals surface area contributed by atoms with Crippen molar-refractivity contribution in [2.24, 2.45) is 5.92 Å². The van der Waals surface area contributed by atoms with Crippen LogP contribution in [0.15, 0.2) is 30.3 Å². The zero-order valence-corrected chi connectivity index (χ0v) is 12.9. The van der Waals surface area contributed by atoms with E-state index < -0.39 is 23.3 Å². The molecule has 1 amide bonds. The van der Waals surface area contributed by atoms with E-state index in [1.165, 1.54) is 12.1 Å². The molecule has 2 heterocycles. The zero-order chi connectivity index (χ0) is 17.2. The number of rotatable bonds is 3. The molecule has 1 aliphatic rings. The van der Waals surface area contributed by atoms with E-state index in [0.29, 0.717) is 25.1 Å². The Balaban J connectivity index is 1.87. The number of alkyl halides is 3. The number of pyridine rings is 1. The van der Waals surface area contributed by atoms with Crippen LogP contribution in [-0.4, -0.2) is 30.6 Å². The van der Waals surface area contributed by atoms with Crippen LogP contribution in [0, 0.1) is 5.92 Å². The summed E-state index contributed by atoms with van der Waals surface area (Å²) in [6.45, 7) is 1.57. The third-order valence-corrected chi connectivity index (χ3v) is 4.13. The Morgan fingerprint density at radius 2 is 1.96 bits per heavy atom. The van der Waals surface area contributed by atoms with Gasteiger partial charge in [-0.2, -0.15) is 13.2 Å². The number of hydrogen-bond acceptors (Lipinski definition) is 3. The van der Waals surface area contributed by atoms with Crippen molar-refractivity contribution in [1.29, 1.82) is 0 Å². The van der Waals surface area contributed by atoms with Gasteiger partial charge in [0.05, 0.1) is 11.1 Å². The molecular formula is C17H17F3N2O2. The fourth-order valence-electron chi connectivity index (χ4n) is 2.79. The van der Waals surface area contributed by atoms with Crippen LogP contribution in [-0.2, 0) is 10.9 Å². The van der Waals surface area contributed by atoms with Crippen LogP contribution >= 0.6 is 0 Å². The molecule has 0 atom stereocenters. The third kappa shape index (κ3) is 3.67. The van der Waals surface area contributed by atoms with E-state index in [1.54, 1.807) is 18.2 Å². The van der Waals surface area contributed by atoms with E-state index in [-0.39, 0.29) is 11.4 Å². The number of amides is 1. The molecule has 1 N–H and O–H groups in total. The molecule has 0 unspecified atom stereocenters. The van der Waals surface area contributed by atoms with Gasteiger partial charge < -0.3 is 10.1 Å². The van der Waals surface area contributed by atoms with Crippen molar-refractivity contribution in [3.05, 3.63) is 41.6 Å². The van der Waals surface area contributed by atoms with Crippen LogP contribution in [0.1, 0.15) is 28.9 Å². The summed E-state index contributed by atoms with van der Waals surface area (Å²) in [5, 5.41) is 3.11. The molecule has 1 aromatic heterocycles. The summed E-state index contributed by atoms with van der Waals surface area (Å²) < 4.78 is 45.0. The molecule has 0 aliphatic carbocycles. The van der Waals surface area contributed by atoms with E-state index >= 15 is 0 Å². The second kappa shape index (κ2) is 6.76. The van der Waals surface area contributed by atoms with Gasteiger partial charge in [0.1, 0.15) is 0 Å². The number of nitrogens with one attached hydrogen (secondary N) is 1. The summed E-state index contributed by atoms with van der Waals surface area (Å²) >= 11 is 0. The number of aromatic nitrogens is 1. The molecule has 4 nitrogen and oxygen atoms in total. The summed E-state index contributed by atoms with van der Waals surface area (Å²) in [5.41, 5.74) is -1.37. The van der Waals surface area contributed by atoms with Crippen molar-refractivity contribution < 1.29 is 22.7 Å². The van der Waals surface area contributed by atoms with Crippen molar-refractivity contribution in [2.75, 3.05) is 19.8 Å². The number of nitrogens with zero attached hydrogens (tertiary/aromatic N) is 1. The molecule has 0 spiro atoms. The number of halogens is 3. The summed E-state index contributed by atoms with van der Waals surface area (Å²) in [6, 6.07) is 7.69. The number of fused-ring (bicyclic) bond motifs is 1. The number of benzene rings is 1. The van der Waals surface area contributed by atoms with Crippen molar-refractivity contribution in [3.63, 3.8) is 0 Å². The van der Waals surface area contributed by atoms with Gasteiger partial charge in [-0.1, -0.05) is 18.2 Å². The largest absolute Gasteiger partial charge is 0.434 e. The maximum atomic E-state index is 13.3. The lowest BCUT2D eigenvalue weighted by molar-refractivity contribution is -0.141. The highest BCUT2D eigenvalue weighted by Gasteiger charge is 2.37. The van der Waals surface area contributed by atoms with Gasteiger partial charge in [0, 0.05) is 25.1 Å². The van der Waals surface area contributed by atoms with Crippen LogP contribution in [0.25, 0.3) is 10.9 Å². The lowest BCUT2D eigenvalue weighted by Gasteiger charge is -2.22. The average molecular weight is 338 g/mol. The first kappa shape index (κ1) is 16.7. The molecule has 2 aromatic rings. The van der Waals surface area contributed by atoms with Gasteiger partial charge in [0.15, 0.2) is 5.69 Å². The second-order valence-electron chi connectivity index (χ2n) is 5.84. The average Bonchev–Trinajstić information content (AvgIpc) is 2.58. The van der Waals surface area contributed by atoms with E-state index in [0.717, 1.165) is 12.8 Å². The summed E-state index contributed by atoms with van der Waals surface area (Å²) in [4.78, 5) is 16.0. The molecule has 1 aromatic carbocycles. The van der Waals surface area contributed by atoms with Gasteiger partial charge in [-0.15, -0.1) is 0 Å². The van der Waals surface area contributed by atoms with E-state index in [9.17, 15) is 18.0 Å². The minimum atomic E-state index is -4.69. The Hall–Kier alpha value is -2.15. The van der Waals surface area contributed by atoms with E-state index in [1.807, 2.05) is 0 Å². The molecule has 24 heavy (non-hydrogen) atoms. The normalized spacial score (nSPS) is 16.3. The molecule has 7 heteroatoms. The van der Waals surface area contributed by atoms with Gasteiger partial charge >= 0.3 is 6.18 Å². The molecular weight excluding hydrogens is 321 g/mol. The number of ether oxygens (including phenoxy) is 1. The minimum absolute atomic E-state index is 0.214. The lowest BCUT2D eigenvalue weighted by atomic mass is 10.00. The van der Waals surface area contributed by atoms with Crippen LogP contribution in [0.5, 0.6) is 0 Å². The molecule has 3 rings (SSSR count). The smallest absolute Gasteiger partial charge is 0.381 e. The van der Waals surface area contributed by atoms with Crippen LogP contribution < -0.4 is 5.32 Å². The van der Waals surface area contributed by atoms with Gasteiger partial charge in [0.2, 0.25) is 0 Å². The van der Waals surface area contributed by atoms with Crippen LogP contribution in [0.2, 0.25) is 0 Å². The first-order valence-electron chi connectivity index (χ1n) is 7.78. The maximum Gasteiger partial charge on any atom is 0.434 e. The Labute approximate surface area is 137 Å². The van der Waals surface area contributed by atoms with Gasteiger partial charge in [0.25, 0.3) is 5.91 Å². The summed E-state index contributed by atoms with van der Waals surface area (Å²) in [6.07, 6.45) is -3.10. The summed E-state index contributed by atoms with van der Waals surface area (Å²) in [7, 11) is 0. The number of carbonyl (C=O) groups excluding carboxylic acids is 1. The highest BCUT2D eigenvalue weighted by atomic mass is 19.4. The first-order chi connectivity index (χ1) is 11.4. The molecule has 0 saturated carbocycles. The summed E-state index contributed by atoms with van der Waals surface area (Å²) in [5.74, 6) is -0.516. The Morgan fingerprint density at radius 3 is 2.67 bits per heavy atom. The molecule has 1 aliphatic heterocycles. The fourth-order valence-corrected chi connectivity index (χ4v) is 2.79. The number of carbonyl (C=O) groups is 1. The Morgan fingerprint density at radius 1 is 1.25 bits per heavy atom. The van der Waals surface area contributed by atoms with Gasteiger partial charge in [-0.3, -0.25) is 4.79 Å². The molecule has 0 radical (unpaired) electrons. The van der Waals surface area contributed by atoms with Gasteiger partial charge in [-0.05, 0) is 30.9 Å². The zero-order valence-electron chi connectivity index (χ0n) is 12.9. The standard InChI is InChI=1S/C17H17F3N2O2/c18-17(19,20)15-13(9-12-3-1-2-4-14(12)22-15)16(23)21-10-11-5-7-24-8-6-11/h1-4,9,11H,5-8,10H2,(H,21,23). The topological polar surface area (TPSA) is 51.2 Å². The Bertz CT molecular complexity index is 740. The molecule has 1 saturated heterocycles. The Kier molecular flexibility index (Phi) is 4.71. The highest BCUT2D eigenvalue weighted by Crippen LogP contribution is 2.32. The van der Waals surface area contributed by atoms with Crippen LogP contribution in [0.4, 0.5) is 13.2 Å². The van der Waals surface area contributed by atoms with E-state index in [4.69, 9.17) is 4.74 Å². The quantitative estimate of drug-likeness (QED) is 0.933. The predicted molar refractivity (Wildman–Crippen MR) is 82.6 cm³/mol. The second-order valence-corrected chi connectivity index (χ2v) is 5.84. The van der Waals surface area contributed by atoms with Crippen molar-refractivity contribution in [3.8, 4) is 0 Å². The SMILES string of the molecule is O=C(NCC1CCOCC1)c1cc2ccccc2nc1C(F)(F)F. The lowest BCUT2D eigenvalue weighted by Crippen LogP contribution is -2.33. The number of hydrogen-bond donors (Lipinski definition) is 1. The monoisotopic (exact) mass is 338 g/mol. The van der Waals surface area contributed by atoms with Crippen molar-refractivity contribution in [2.45, 2.75) is 19.0 Å². The molecule has 0 bridgehead atoms.